The maximum Gasteiger partial charge on any atom is 0.146 e. The molecule has 0 aromatic rings. The van der Waals surface area contributed by atoms with Gasteiger partial charge in [0.1, 0.15) is 12.5 Å². The lowest BCUT2D eigenvalue weighted by Crippen LogP contribution is -2.52. The quantitative estimate of drug-likeness (QED) is 0.752. The fraction of sp³-hybridized carbons (Fsp3) is 0.955. The van der Waals surface area contributed by atoms with Gasteiger partial charge >= 0.3 is 0 Å². The molecule has 0 aromatic carbocycles. The Morgan fingerprint density at radius 3 is 2.58 bits per heavy atom. The summed E-state index contributed by atoms with van der Waals surface area (Å²) in [4.78, 5) is 12.7. The molecule has 0 spiro atoms. The van der Waals surface area contributed by atoms with Crippen LogP contribution in [0.15, 0.2) is 0 Å². The Balaban J connectivity index is 1.50. The number of Topliss-reactive ketones (excluding diaryl/α,β-unsaturated/α-hetero) is 1. The lowest BCUT2D eigenvalue weighted by molar-refractivity contribution is -0.131. The number of fused-ring (bicyclic) bond motifs is 5. The number of halogens is 1. The van der Waals surface area contributed by atoms with Crippen LogP contribution in [0.4, 0.5) is 4.39 Å². The fourth-order valence-electron chi connectivity index (χ4n) is 7.86. The molecule has 0 saturated heterocycles. The second-order valence-electron chi connectivity index (χ2n) is 10.1. The predicted molar refractivity (Wildman–Crippen MR) is 105 cm³/mol. The average molecular weight is 383 g/mol. The van der Waals surface area contributed by atoms with Crippen molar-refractivity contribution in [2.45, 2.75) is 70.3 Å². The van der Waals surface area contributed by atoms with Crippen molar-refractivity contribution in [2.24, 2.45) is 40.9 Å². The zero-order valence-electron chi connectivity index (χ0n) is 16.4. The van der Waals surface area contributed by atoms with Gasteiger partial charge in [0.15, 0.2) is 0 Å². The molecule has 2 nitrogen and oxygen atoms in total. The van der Waals surface area contributed by atoms with Gasteiger partial charge in [-0.25, -0.2) is 4.39 Å². The van der Waals surface area contributed by atoms with Crippen molar-refractivity contribution in [3.63, 3.8) is 0 Å². The summed E-state index contributed by atoms with van der Waals surface area (Å²) in [6.45, 7) is 1.84. The summed E-state index contributed by atoms with van der Waals surface area (Å²) in [5.74, 6) is 4.87. The summed E-state index contributed by atoms with van der Waals surface area (Å²) in [7, 11) is 0. The van der Waals surface area contributed by atoms with Crippen molar-refractivity contribution >= 4 is 17.5 Å². The van der Waals surface area contributed by atoms with E-state index in [-0.39, 0.29) is 11.3 Å². The number of carbonyl (C=O) groups is 1. The van der Waals surface area contributed by atoms with E-state index in [4.69, 9.17) is 0 Å². The van der Waals surface area contributed by atoms with Crippen molar-refractivity contribution in [3.8, 4) is 0 Å². The third-order valence-corrected chi connectivity index (χ3v) is 9.60. The van der Waals surface area contributed by atoms with Crippen LogP contribution in [0.1, 0.15) is 64.7 Å². The number of aliphatic hydroxyl groups is 1. The molecule has 0 bridgehead atoms. The predicted octanol–water partition coefficient (Wildman–Crippen LogP) is 4.89. The summed E-state index contributed by atoms with van der Waals surface area (Å²) in [5, 5.41) is 10.4. The molecular weight excluding hydrogens is 347 g/mol. The van der Waals surface area contributed by atoms with Crippen molar-refractivity contribution < 1.29 is 14.3 Å². The first-order chi connectivity index (χ1) is 12.4. The summed E-state index contributed by atoms with van der Waals surface area (Å²) in [6.07, 6.45) is 11.5. The Hall–Kier alpha value is -0.0900. The first-order valence-corrected chi connectivity index (χ1v) is 12.1. The van der Waals surface area contributed by atoms with E-state index in [0.29, 0.717) is 42.1 Å². The minimum absolute atomic E-state index is 0.217. The van der Waals surface area contributed by atoms with Gasteiger partial charge in [-0.1, -0.05) is 6.92 Å². The van der Waals surface area contributed by atoms with Gasteiger partial charge in [0, 0.05) is 5.92 Å². The Bertz CT molecular complexity index is 554. The minimum Gasteiger partial charge on any atom is -0.387 e. The Kier molecular flexibility index (Phi) is 5.22. The largest absolute Gasteiger partial charge is 0.387 e. The highest BCUT2D eigenvalue weighted by Gasteiger charge is 2.58. The average Bonchev–Trinajstić information content (AvgIpc) is 2.99. The normalized spacial score (nSPS) is 50.6. The maximum atomic E-state index is 13.3. The molecule has 4 heteroatoms. The lowest BCUT2D eigenvalue weighted by Gasteiger charge is -2.57. The summed E-state index contributed by atoms with van der Waals surface area (Å²) < 4.78 is 13.3. The van der Waals surface area contributed by atoms with Crippen molar-refractivity contribution in [2.75, 3.05) is 18.7 Å². The second kappa shape index (κ2) is 7.06. The van der Waals surface area contributed by atoms with Crippen LogP contribution in [0.3, 0.4) is 0 Å². The molecule has 148 valence electrons. The number of rotatable bonds is 4. The minimum atomic E-state index is -1.04. The number of hydrogen-bond donors (Lipinski definition) is 1. The van der Waals surface area contributed by atoms with E-state index >= 15 is 0 Å². The molecule has 4 saturated carbocycles. The number of ketones is 1. The third kappa shape index (κ3) is 2.98. The van der Waals surface area contributed by atoms with Gasteiger partial charge in [-0.3, -0.25) is 4.79 Å². The monoisotopic (exact) mass is 382 g/mol. The van der Waals surface area contributed by atoms with Crippen LogP contribution >= 0.6 is 11.8 Å². The number of carbonyl (C=O) groups excluding carboxylic acids is 1. The SMILES string of the molecule is CSCC(=O)[C@H]1CC[C@H]2[C@@H]3CC[C@H]4C[C@](O)(CF)CC[C@@H]4[C@H]3CC[C@]12C. The number of hydrogen-bond acceptors (Lipinski definition) is 3. The Morgan fingerprint density at radius 2 is 1.85 bits per heavy atom. The van der Waals surface area contributed by atoms with Crippen molar-refractivity contribution in [1.82, 2.24) is 0 Å². The molecule has 26 heavy (non-hydrogen) atoms. The van der Waals surface area contributed by atoms with E-state index in [1.54, 1.807) is 11.8 Å². The van der Waals surface area contributed by atoms with Gasteiger partial charge in [-0.15, -0.1) is 0 Å². The summed E-state index contributed by atoms with van der Waals surface area (Å²) in [6, 6.07) is 0. The highest BCUT2D eigenvalue weighted by molar-refractivity contribution is 7.99. The lowest BCUT2D eigenvalue weighted by atomic mass is 9.49. The Labute approximate surface area is 162 Å². The molecule has 0 unspecified atom stereocenters. The van der Waals surface area contributed by atoms with Crippen LogP contribution < -0.4 is 0 Å². The molecule has 0 aliphatic heterocycles. The van der Waals surface area contributed by atoms with E-state index in [0.717, 1.165) is 31.1 Å². The highest BCUT2D eigenvalue weighted by atomic mass is 32.2. The number of alkyl halides is 1. The van der Waals surface area contributed by atoms with E-state index in [1.165, 1.54) is 25.7 Å². The molecule has 4 aliphatic rings. The van der Waals surface area contributed by atoms with Crippen LogP contribution in [0, 0.1) is 40.9 Å². The van der Waals surface area contributed by atoms with Gasteiger partial charge in [0.05, 0.1) is 11.4 Å². The molecule has 4 fully saturated rings. The van der Waals surface area contributed by atoms with E-state index in [9.17, 15) is 14.3 Å². The molecule has 0 heterocycles. The van der Waals surface area contributed by atoms with E-state index in [1.807, 2.05) is 6.26 Å². The first-order valence-electron chi connectivity index (χ1n) is 10.7. The van der Waals surface area contributed by atoms with Crippen molar-refractivity contribution in [1.29, 1.82) is 0 Å². The first kappa shape index (κ1) is 19.2. The maximum absolute atomic E-state index is 13.3. The molecule has 1 N–H and O–H groups in total. The molecule has 4 rings (SSSR count). The fourth-order valence-corrected chi connectivity index (χ4v) is 8.34. The van der Waals surface area contributed by atoms with Crippen LogP contribution in [0.5, 0.6) is 0 Å². The Morgan fingerprint density at radius 1 is 1.08 bits per heavy atom. The zero-order valence-corrected chi connectivity index (χ0v) is 17.2. The van der Waals surface area contributed by atoms with Crippen molar-refractivity contribution in [3.05, 3.63) is 0 Å². The number of thioether (sulfide) groups is 1. The standard InChI is InChI=1S/C22H35FO2S/c1-21-9-7-16-15-8-10-22(25,13-23)11-14(15)3-4-17(16)18(21)5-6-19(21)20(24)12-26-2/h14-19,25H,3-13H2,1-2H3/t14-,15-,16+,17+,18-,19+,21-,22-/m0/s1. The molecular formula is C22H35FO2S. The van der Waals surface area contributed by atoms with Gasteiger partial charge < -0.3 is 5.11 Å². The molecule has 4 aliphatic carbocycles. The topological polar surface area (TPSA) is 37.3 Å². The van der Waals surface area contributed by atoms with E-state index in [2.05, 4.69) is 6.92 Å². The molecule has 8 atom stereocenters. The van der Waals surface area contributed by atoms with Crippen LogP contribution in [-0.2, 0) is 4.79 Å². The molecule has 0 aromatic heterocycles. The second-order valence-corrected chi connectivity index (χ2v) is 11.0. The van der Waals surface area contributed by atoms with Crippen LogP contribution in [0.25, 0.3) is 0 Å². The van der Waals surface area contributed by atoms with Crippen LogP contribution in [0.2, 0.25) is 0 Å². The zero-order chi connectivity index (χ0) is 18.5. The smallest absolute Gasteiger partial charge is 0.146 e. The molecule has 0 amide bonds. The summed E-state index contributed by atoms with van der Waals surface area (Å²) >= 11 is 1.67. The summed E-state index contributed by atoms with van der Waals surface area (Å²) in [5.41, 5.74) is -0.824. The van der Waals surface area contributed by atoms with Gasteiger partial charge in [-0.2, -0.15) is 11.8 Å². The van der Waals surface area contributed by atoms with E-state index < -0.39 is 12.3 Å². The third-order valence-electron chi connectivity index (χ3n) is 9.03. The highest BCUT2D eigenvalue weighted by Crippen LogP contribution is 2.64. The molecule has 0 radical (unpaired) electrons. The van der Waals surface area contributed by atoms with Crippen LogP contribution in [-0.4, -0.2) is 35.2 Å². The van der Waals surface area contributed by atoms with Gasteiger partial charge in [0.25, 0.3) is 0 Å². The van der Waals surface area contributed by atoms with Gasteiger partial charge in [-0.05, 0) is 99.0 Å². The van der Waals surface area contributed by atoms with Gasteiger partial charge in [0.2, 0.25) is 0 Å².